The minimum absolute atomic E-state index is 0. The van der Waals surface area contributed by atoms with Crippen LogP contribution >= 0.6 is 0 Å². The third-order valence-electron chi connectivity index (χ3n) is 4.71. The zero-order valence-corrected chi connectivity index (χ0v) is 16.2. The Balaban J connectivity index is 0.00000157. The summed E-state index contributed by atoms with van der Waals surface area (Å²) < 4.78 is 2.19. The van der Waals surface area contributed by atoms with Crippen molar-refractivity contribution in [1.29, 1.82) is 0 Å². The molecule has 2 heterocycles. The van der Waals surface area contributed by atoms with Crippen LogP contribution in [0.1, 0.15) is 11.1 Å². The number of aryl methyl sites for hydroxylation is 2. The molecule has 0 unspecified atom stereocenters. The Morgan fingerprint density at radius 3 is 2.32 bits per heavy atom. The maximum Gasteiger partial charge on any atom is 0.100 e. The zero-order chi connectivity index (χ0) is 16.3. The number of imidazole rings is 2. The number of hydrogen-bond acceptors (Lipinski definition) is 2. The normalized spacial score (nSPS) is 11.3. The Morgan fingerprint density at radius 2 is 1.56 bits per heavy atom. The van der Waals surface area contributed by atoms with Gasteiger partial charge in [0.2, 0.25) is 0 Å². The molecular formula is C20H15IrN4-. The van der Waals surface area contributed by atoms with Gasteiger partial charge < -0.3 is 9.97 Å². The van der Waals surface area contributed by atoms with Crippen molar-refractivity contribution in [2.45, 2.75) is 13.8 Å². The summed E-state index contributed by atoms with van der Waals surface area (Å²) in [5, 5.41) is 2.27. The summed E-state index contributed by atoms with van der Waals surface area (Å²) >= 11 is 0. The molecule has 0 N–H and O–H groups in total. The summed E-state index contributed by atoms with van der Waals surface area (Å²) in [5.41, 5.74) is 7.43. The van der Waals surface area contributed by atoms with Crippen LogP contribution in [0.25, 0.3) is 38.5 Å². The first-order valence-electron chi connectivity index (χ1n) is 7.97. The fraction of sp³-hybridized carbons (Fsp3) is 0.100. The van der Waals surface area contributed by atoms with E-state index in [1.54, 1.807) is 6.33 Å². The van der Waals surface area contributed by atoms with Crippen LogP contribution in [0.4, 0.5) is 0 Å². The third kappa shape index (κ3) is 2.16. The predicted octanol–water partition coefficient (Wildman–Crippen LogP) is 4.30. The molecule has 125 valence electrons. The van der Waals surface area contributed by atoms with E-state index in [1.807, 2.05) is 12.4 Å². The fourth-order valence-electron chi connectivity index (χ4n) is 3.67. The molecule has 0 aliphatic heterocycles. The molecule has 1 radical (unpaired) electrons. The number of para-hydroxylation sites is 1. The topological polar surface area (TPSA) is 44.8 Å². The maximum absolute atomic E-state index is 4.69. The van der Waals surface area contributed by atoms with E-state index >= 15 is 0 Å². The number of hydrogen-bond donors (Lipinski definition) is 0. The molecule has 25 heavy (non-hydrogen) atoms. The number of aromatic nitrogens is 4. The van der Waals surface area contributed by atoms with Crippen molar-refractivity contribution in [2.24, 2.45) is 0 Å². The van der Waals surface area contributed by atoms with Gasteiger partial charge in [-0.2, -0.15) is 0 Å². The van der Waals surface area contributed by atoms with E-state index in [0.29, 0.717) is 0 Å². The van der Waals surface area contributed by atoms with Gasteiger partial charge in [0.1, 0.15) is 6.33 Å². The van der Waals surface area contributed by atoms with E-state index in [-0.39, 0.29) is 20.1 Å². The Kier molecular flexibility index (Phi) is 3.71. The SMILES string of the molecule is Cc1cccc(C)c1-n1cnc2c3[n-]cnc3c3ccccc3c21.[Ir]. The average molecular weight is 504 g/mol. The van der Waals surface area contributed by atoms with E-state index in [4.69, 9.17) is 0 Å². The molecule has 5 aromatic rings. The molecule has 0 saturated carbocycles. The molecule has 0 amide bonds. The first-order valence-corrected chi connectivity index (χ1v) is 7.97. The number of fused-ring (bicyclic) bond motifs is 6. The summed E-state index contributed by atoms with van der Waals surface area (Å²) in [6.07, 6.45) is 3.52. The van der Waals surface area contributed by atoms with Gasteiger partial charge in [-0.15, -0.1) is 0 Å². The summed E-state index contributed by atoms with van der Waals surface area (Å²) in [5.74, 6) is 0. The second-order valence-electron chi connectivity index (χ2n) is 6.17. The van der Waals surface area contributed by atoms with E-state index in [1.165, 1.54) is 16.8 Å². The van der Waals surface area contributed by atoms with Crippen molar-refractivity contribution in [1.82, 2.24) is 19.5 Å². The van der Waals surface area contributed by atoms with Crippen molar-refractivity contribution in [2.75, 3.05) is 0 Å². The van der Waals surface area contributed by atoms with E-state index in [0.717, 1.165) is 32.8 Å². The second kappa shape index (κ2) is 5.80. The molecule has 0 saturated heterocycles. The van der Waals surface area contributed by atoms with Crippen LogP contribution in [0.15, 0.2) is 55.1 Å². The van der Waals surface area contributed by atoms with Crippen molar-refractivity contribution in [3.63, 3.8) is 0 Å². The van der Waals surface area contributed by atoms with Crippen molar-refractivity contribution >= 4 is 32.8 Å². The Labute approximate surface area is 158 Å². The zero-order valence-electron chi connectivity index (χ0n) is 13.8. The smallest absolute Gasteiger partial charge is 0.100 e. The standard InChI is InChI=1S/C20H15N4.Ir/c1-12-6-5-7-13(2)19(12)24-11-23-18-17-16(21-10-22-17)14-8-3-4-9-15(14)20(18)24;/h3-11H,1-2H3;/q-1;. The quantitative estimate of drug-likeness (QED) is 0.343. The molecule has 0 spiro atoms. The summed E-state index contributed by atoms with van der Waals surface area (Å²) in [6, 6.07) is 14.7. The van der Waals surface area contributed by atoms with Crippen LogP contribution in [0.2, 0.25) is 0 Å². The fourth-order valence-corrected chi connectivity index (χ4v) is 3.67. The van der Waals surface area contributed by atoms with Gasteiger partial charge in [0.05, 0.1) is 16.7 Å². The van der Waals surface area contributed by atoms with Crippen molar-refractivity contribution < 1.29 is 20.1 Å². The number of nitrogens with zero attached hydrogens (tertiary/aromatic N) is 4. The van der Waals surface area contributed by atoms with E-state index in [2.05, 4.69) is 69.8 Å². The molecule has 0 fully saturated rings. The van der Waals surface area contributed by atoms with Gasteiger partial charge in [-0.25, -0.2) is 4.98 Å². The minimum atomic E-state index is 0. The van der Waals surface area contributed by atoms with Gasteiger partial charge in [0, 0.05) is 25.5 Å². The number of rotatable bonds is 1. The van der Waals surface area contributed by atoms with Crippen LogP contribution in [-0.4, -0.2) is 14.5 Å². The van der Waals surface area contributed by atoms with Crippen LogP contribution in [-0.2, 0) is 20.1 Å². The maximum atomic E-state index is 4.69. The molecule has 4 nitrogen and oxygen atoms in total. The van der Waals surface area contributed by atoms with Crippen LogP contribution in [0.5, 0.6) is 0 Å². The van der Waals surface area contributed by atoms with Crippen molar-refractivity contribution in [3.05, 3.63) is 66.2 Å². The second-order valence-corrected chi connectivity index (χ2v) is 6.17. The van der Waals surface area contributed by atoms with Gasteiger partial charge in [0.25, 0.3) is 0 Å². The first kappa shape index (κ1) is 16.0. The molecule has 0 aliphatic carbocycles. The van der Waals surface area contributed by atoms with Crippen LogP contribution < -0.4 is 4.98 Å². The molecule has 0 aliphatic rings. The summed E-state index contributed by atoms with van der Waals surface area (Å²) in [7, 11) is 0. The largest absolute Gasteiger partial charge is 0.442 e. The van der Waals surface area contributed by atoms with Crippen LogP contribution in [0.3, 0.4) is 0 Å². The molecule has 2 aromatic heterocycles. The molecule has 0 atom stereocenters. The van der Waals surface area contributed by atoms with E-state index < -0.39 is 0 Å². The molecular weight excluding hydrogens is 488 g/mol. The van der Waals surface area contributed by atoms with Gasteiger partial charge in [-0.05, 0) is 41.4 Å². The van der Waals surface area contributed by atoms with E-state index in [9.17, 15) is 0 Å². The number of benzene rings is 3. The van der Waals surface area contributed by atoms with Gasteiger partial charge >= 0.3 is 0 Å². The van der Waals surface area contributed by atoms with Gasteiger partial charge in [-0.1, -0.05) is 48.8 Å². The van der Waals surface area contributed by atoms with Crippen LogP contribution in [0, 0.1) is 13.8 Å². The average Bonchev–Trinajstić information content (AvgIpc) is 3.22. The van der Waals surface area contributed by atoms with Crippen molar-refractivity contribution in [3.8, 4) is 5.69 Å². The summed E-state index contributed by atoms with van der Waals surface area (Å²) in [6.45, 7) is 4.27. The molecule has 3 aromatic carbocycles. The third-order valence-corrected chi connectivity index (χ3v) is 4.71. The summed E-state index contributed by atoms with van der Waals surface area (Å²) in [4.78, 5) is 13.6. The monoisotopic (exact) mass is 504 g/mol. The Bertz CT molecular complexity index is 1210. The first-order chi connectivity index (χ1) is 11.8. The molecule has 0 bridgehead atoms. The van der Waals surface area contributed by atoms with Gasteiger partial charge in [0.15, 0.2) is 0 Å². The Hall–Kier alpha value is -2.49. The minimum Gasteiger partial charge on any atom is -0.442 e. The predicted molar refractivity (Wildman–Crippen MR) is 96.7 cm³/mol. The molecule has 5 rings (SSSR count). The Morgan fingerprint density at radius 1 is 0.840 bits per heavy atom. The van der Waals surface area contributed by atoms with Gasteiger partial charge in [-0.3, -0.25) is 4.57 Å². The molecule has 5 heteroatoms.